The number of benzene rings is 1. The Morgan fingerprint density at radius 3 is 2.40 bits per heavy atom. The highest BCUT2D eigenvalue weighted by Gasteiger charge is 1.90. The molecule has 0 unspecified atom stereocenters. The van der Waals surface area contributed by atoms with Crippen LogP contribution in [0.3, 0.4) is 0 Å². The summed E-state index contributed by atoms with van der Waals surface area (Å²) >= 11 is 1.51. The number of hydrogen-bond acceptors (Lipinski definition) is 3. The van der Waals surface area contributed by atoms with Crippen LogP contribution in [0.5, 0.6) is 0 Å². The number of hydrogen-bond donors (Lipinski definition) is 0. The van der Waals surface area contributed by atoms with Crippen LogP contribution in [0.1, 0.15) is 5.56 Å². The zero-order valence-corrected chi connectivity index (χ0v) is 8.89. The maximum atomic E-state index is 4.11. The van der Waals surface area contributed by atoms with E-state index < -0.39 is 0 Å². The number of nitrogens with zero attached hydrogens (tertiary/aromatic N) is 2. The molecule has 0 fully saturated rings. The second-order valence-electron chi connectivity index (χ2n) is 2.86. The van der Waals surface area contributed by atoms with Gasteiger partial charge in [0.25, 0.3) is 0 Å². The Morgan fingerprint density at radius 2 is 1.67 bits per heavy atom. The fraction of sp³-hybridized carbons (Fsp3) is 0. The van der Waals surface area contributed by atoms with Gasteiger partial charge in [-0.15, -0.1) is 0 Å². The summed E-state index contributed by atoms with van der Waals surface area (Å²) in [6.07, 6.45) is 5.53. The van der Waals surface area contributed by atoms with Gasteiger partial charge >= 0.3 is 0 Å². The van der Waals surface area contributed by atoms with Crippen molar-refractivity contribution in [2.45, 2.75) is 5.16 Å². The topological polar surface area (TPSA) is 25.8 Å². The molecule has 1 aromatic heterocycles. The van der Waals surface area contributed by atoms with Crippen molar-refractivity contribution in [1.82, 2.24) is 9.97 Å². The predicted octanol–water partition coefficient (Wildman–Crippen LogP) is 3.24. The first-order chi connectivity index (χ1) is 7.45. The zero-order valence-electron chi connectivity index (χ0n) is 8.08. The molecule has 74 valence electrons. The second kappa shape index (κ2) is 5.32. The molecule has 0 saturated carbocycles. The Labute approximate surface area is 93.1 Å². The summed E-state index contributed by atoms with van der Waals surface area (Å²) in [5.74, 6) is 0. The van der Waals surface area contributed by atoms with E-state index in [-0.39, 0.29) is 0 Å². The van der Waals surface area contributed by atoms with Gasteiger partial charge in [0.15, 0.2) is 5.16 Å². The highest BCUT2D eigenvalue weighted by molar-refractivity contribution is 8.02. The minimum Gasteiger partial charge on any atom is -0.231 e. The van der Waals surface area contributed by atoms with E-state index in [2.05, 4.69) is 22.1 Å². The van der Waals surface area contributed by atoms with E-state index in [1.54, 1.807) is 12.4 Å². The molecule has 0 radical (unpaired) electrons. The molecule has 0 spiro atoms. The normalized spacial score (nSPS) is 10.7. The molecule has 2 nitrogen and oxygen atoms in total. The lowest BCUT2D eigenvalue weighted by Gasteiger charge is -1.92. The molecule has 0 amide bonds. The van der Waals surface area contributed by atoms with E-state index in [4.69, 9.17) is 0 Å². The first-order valence-corrected chi connectivity index (χ1v) is 5.48. The van der Waals surface area contributed by atoms with Crippen LogP contribution < -0.4 is 0 Å². The second-order valence-corrected chi connectivity index (χ2v) is 3.74. The standard InChI is InChI=1S/C12H10N2S/c1-2-5-11(6-3-1)7-10-15-12-13-8-4-9-14-12/h1-10H/b10-7+. The van der Waals surface area contributed by atoms with Crippen molar-refractivity contribution >= 4 is 17.8 Å². The van der Waals surface area contributed by atoms with E-state index >= 15 is 0 Å². The number of rotatable bonds is 3. The van der Waals surface area contributed by atoms with Gasteiger partial charge < -0.3 is 0 Å². The fourth-order valence-electron chi connectivity index (χ4n) is 1.08. The van der Waals surface area contributed by atoms with Crippen molar-refractivity contribution in [3.05, 3.63) is 59.8 Å². The molecule has 0 aliphatic carbocycles. The van der Waals surface area contributed by atoms with Crippen LogP contribution in [0.4, 0.5) is 0 Å². The third-order valence-corrected chi connectivity index (χ3v) is 2.47. The molecule has 0 aliphatic heterocycles. The third kappa shape index (κ3) is 3.22. The van der Waals surface area contributed by atoms with Gasteiger partial charge in [-0.3, -0.25) is 0 Å². The van der Waals surface area contributed by atoms with E-state index in [0.717, 1.165) is 5.16 Å². The SMILES string of the molecule is C(=C\c1ccccc1)/Sc1ncccn1. The monoisotopic (exact) mass is 214 g/mol. The molecule has 1 aromatic carbocycles. The van der Waals surface area contributed by atoms with Crippen LogP contribution in [-0.4, -0.2) is 9.97 Å². The highest BCUT2D eigenvalue weighted by atomic mass is 32.2. The molecule has 1 heterocycles. The maximum Gasteiger partial charge on any atom is 0.191 e. The minimum absolute atomic E-state index is 0.768. The van der Waals surface area contributed by atoms with Crippen molar-refractivity contribution < 1.29 is 0 Å². The van der Waals surface area contributed by atoms with Gasteiger partial charge in [0, 0.05) is 12.4 Å². The lowest BCUT2D eigenvalue weighted by atomic mass is 10.2. The highest BCUT2D eigenvalue weighted by Crippen LogP contribution is 2.14. The minimum atomic E-state index is 0.768. The molecule has 2 aromatic rings. The van der Waals surface area contributed by atoms with Gasteiger partial charge in [0.2, 0.25) is 0 Å². The first-order valence-electron chi connectivity index (χ1n) is 4.60. The van der Waals surface area contributed by atoms with Gasteiger partial charge in [0.1, 0.15) is 0 Å². The lowest BCUT2D eigenvalue weighted by molar-refractivity contribution is 0.971. The Kier molecular flexibility index (Phi) is 3.52. The van der Waals surface area contributed by atoms with E-state index in [1.165, 1.54) is 17.3 Å². The molecule has 0 N–H and O–H groups in total. The fourth-order valence-corrected chi connectivity index (χ4v) is 1.67. The van der Waals surface area contributed by atoms with Crippen molar-refractivity contribution in [2.24, 2.45) is 0 Å². The molecule has 3 heteroatoms. The van der Waals surface area contributed by atoms with Crippen molar-refractivity contribution in [3.63, 3.8) is 0 Å². The lowest BCUT2D eigenvalue weighted by Crippen LogP contribution is -1.79. The molecule has 0 bridgehead atoms. The van der Waals surface area contributed by atoms with Gasteiger partial charge in [0.05, 0.1) is 0 Å². The van der Waals surface area contributed by atoms with Crippen LogP contribution in [0.25, 0.3) is 6.08 Å². The molecule has 0 aliphatic rings. The predicted molar refractivity (Wildman–Crippen MR) is 63.4 cm³/mol. The van der Waals surface area contributed by atoms with Crippen LogP contribution in [0, 0.1) is 0 Å². The van der Waals surface area contributed by atoms with E-state index in [1.807, 2.05) is 35.7 Å². The summed E-state index contributed by atoms with van der Waals surface area (Å²) in [4.78, 5) is 8.22. The van der Waals surface area contributed by atoms with Gasteiger partial charge in [-0.2, -0.15) is 0 Å². The number of thioether (sulfide) groups is 1. The maximum absolute atomic E-state index is 4.11. The quantitative estimate of drug-likeness (QED) is 0.579. The van der Waals surface area contributed by atoms with Crippen LogP contribution in [0.15, 0.2) is 59.4 Å². The largest absolute Gasteiger partial charge is 0.231 e. The average Bonchev–Trinajstić information content (AvgIpc) is 2.32. The molecule has 2 rings (SSSR count). The van der Waals surface area contributed by atoms with E-state index in [0.29, 0.717) is 0 Å². The summed E-state index contributed by atoms with van der Waals surface area (Å²) in [5.41, 5.74) is 1.18. The molecule has 15 heavy (non-hydrogen) atoms. The summed E-state index contributed by atoms with van der Waals surface area (Å²) < 4.78 is 0. The van der Waals surface area contributed by atoms with E-state index in [9.17, 15) is 0 Å². The first kappa shape index (κ1) is 9.93. The molecular weight excluding hydrogens is 204 g/mol. The Bertz CT molecular complexity index is 426. The Hall–Kier alpha value is -1.61. The van der Waals surface area contributed by atoms with Crippen molar-refractivity contribution in [3.8, 4) is 0 Å². The van der Waals surface area contributed by atoms with Gasteiger partial charge in [-0.1, -0.05) is 42.1 Å². The number of aromatic nitrogens is 2. The third-order valence-electron chi connectivity index (χ3n) is 1.78. The molecular formula is C12H10N2S. The molecule has 0 atom stereocenters. The van der Waals surface area contributed by atoms with Gasteiger partial charge in [-0.05, 0) is 23.1 Å². The summed E-state index contributed by atoms with van der Waals surface area (Å²) in [7, 11) is 0. The Balaban J connectivity index is 1.97. The zero-order chi connectivity index (χ0) is 10.3. The van der Waals surface area contributed by atoms with Crippen molar-refractivity contribution in [1.29, 1.82) is 0 Å². The Morgan fingerprint density at radius 1 is 0.933 bits per heavy atom. The van der Waals surface area contributed by atoms with Crippen LogP contribution >= 0.6 is 11.8 Å². The summed E-state index contributed by atoms with van der Waals surface area (Å²) in [6, 6.07) is 12.0. The smallest absolute Gasteiger partial charge is 0.191 e. The summed E-state index contributed by atoms with van der Waals surface area (Å²) in [6.45, 7) is 0. The van der Waals surface area contributed by atoms with Gasteiger partial charge in [-0.25, -0.2) is 9.97 Å². The molecule has 0 saturated heterocycles. The van der Waals surface area contributed by atoms with Crippen molar-refractivity contribution in [2.75, 3.05) is 0 Å². The van der Waals surface area contributed by atoms with Crippen LogP contribution in [-0.2, 0) is 0 Å². The summed E-state index contributed by atoms with van der Waals surface area (Å²) in [5, 5.41) is 2.76. The van der Waals surface area contributed by atoms with Crippen LogP contribution in [0.2, 0.25) is 0 Å². The average molecular weight is 214 g/mol.